The van der Waals surface area contributed by atoms with E-state index in [0.717, 1.165) is 0 Å². The summed E-state index contributed by atoms with van der Waals surface area (Å²) in [6, 6.07) is 5.02. The summed E-state index contributed by atoms with van der Waals surface area (Å²) in [7, 11) is 0. The number of rotatable bonds is 4. The monoisotopic (exact) mass is 265 g/mol. The number of piperidine rings is 1. The van der Waals surface area contributed by atoms with Crippen molar-refractivity contribution in [1.82, 2.24) is 9.88 Å². The summed E-state index contributed by atoms with van der Waals surface area (Å²) in [5, 5.41) is 0. The summed E-state index contributed by atoms with van der Waals surface area (Å²) in [5.41, 5.74) is 4.48. The van der Waals surface area contributed by atoms with Gasteiger partial charge >= 0.3 is 0 Å². The van der Waals surface area contributed by atoms with Gasteiger partial charge in [0.25, 0.3) is 0 Å². The van der Waals surface area contributed by atoms with Crippen molar-refractivity contribution in [2.24, 2.45) is 5.73 Å². The molecule has 1 amide bonds. The summed E-state index contributed by atoms with van der Waals surface area (Å²) >= 11 is 0. The van der Waals surface area contributed by atoms with E-state index in [4.69, 9.17) is 5.73 Å². The third-order valence-corrected chi connectivity index (χ3v) is 3.87. The molecule has 0 spiro atoms. The molecular weight excluding hydrogens is 245 g/mol. The van der Waals surface area contributed by atoms with E-state index in [-0.39, 0.29) is 11.9 Å². The Morgan fingerprint density at radius 1 is 1.53 bits per heavy atom. The SMILES string of the molecule is CCC(C(N)=O)N1CCC(F)(c2ccccn2)CC1. The molecular formula is C14H20FN3O. The Bertz CT molecular complexity index is 430. The first-order valence-corrected chi connectivity index (χ1v) is 6.70. The number of nitrogens with two attached hydrogens (primary N) is 1. The van der Waals surface area contributed by atoms with Crippen LogP contribution in [0.5, 0.6) is 0 Å². The molecule has 2 heterocycles. The van der Waals surface area contributed by atoms with Crippen molar-refractivity contribution in [2.75, 3.05) is 13.1 Å². The van der Waals surface area contributed by atoms with E-state index in [1.807, 2.05) is 11.8 Å². The van der Waals surface area contributed by atoms with Crippen LogP contribution < -0.4 is 5.73 Å². The number of hydrogen-bond acceptors (Lipinski definition) is 3. The number of amides is 1. The van der Waals surface area contributed by atoms with Gasteiger partial charge in [-0.25, -0.2) is 4.39 Å². The number of primary amides is 1. The van der Waals surface area contributed by atoms with Crippen molar-refractivity contribution in [2.45, 2.75) is 37.9 Å². The largest absolute Gasteiger partial charge is 0.368 e. The van der Waals surface area contributed by atoms with Crippen LogP contribution in [0.15, 0.2) is 24.4 Å². The fourth-order valence-corrected chi connectivity index (χ4v) is 2.71. The van der Waals surface area contributed by atoms with E-state index in [0.29, 0.717) is 38.0 Å². The van der Waals surface area contributed by atoms with Gasteiger partial charge in [-0.2, -0.15) is 0 Å². The molecule has 1 unspecified atom stereocenters. The van der Waals surface area contributed by atoms with E-state index >= 15 is 0 Å². The fourth-order valence-electron chi connectivity index (χ4n) is 2.71. The number of aromatic nitrogens is 1. The minimum atomic E-state index is -1.38. The molecule has 19 heavy (non-hydrogen) atoms. The molecule has 5 heteroatoms. The molecule has 1 aliphatic rings. The highest BCUT2D eigenvalue weighted by Gasteiger charge is 2.39. The summed E-state index contributed by atoms with van der Waals surface area (Å²) in [6.45, 7) is 2.99. The predicted molar refractivity (Wildman–Crippen MR) is 71.1 cm³/mol. The number of hydrogen-bond donors (Lipinski definition) is 1. The van der Waals surface area contributed by atoms with Gasteiger partial charge < -0.3 is 5.73 Å². The number of carbonyl (C=O) groups excluding carboxylic acids is 1. The lowest BCUT2D eigenvalue weighted by molar-refractivity contribution is -0.124. The third-order valence-electron chi connectivity index (χ3n) is 3.87. The number of nitrogens with zero attached hydrogens (tertiary/aromatic N) is 2. The second-order valence-electron chi connectivity index (χ2n) is 5.04. The molecule has 0 aromatic carbocycles. The lowest BCUT2D eigenvalue weighted by Crippen LogP contribution is -2.50. The molecule has 0 radical (unpaired) electrons. The van der Waals surface area contributed by atoms with Gasteiger partial charge in [-0.3, -0.25) is 14.7 Å². The quantitative estimate of drug-likeness (QED) is 0.899. The van der Waals surface area contributed by atoms with Gasteiger partial charge in [-0.05, 0) is 31.4 Å². The Morgan fingerprint density at radius 3 is 2.68 bits per heavy atom. The fraction of sp³-hybridized carbons (Fsp3) is 0.571. The summed E-state index contributed by atoms with van der Waals surface area (Å²) in [5.74, 6) is -0.327. The number of pyridine rings is 1. The molecule has 104 valence electrons. The Balaban J connectivity index is 2.04. The first-order valence-electron chi connectivity index (χ1n) is 6.70. The Hall–Kier alpha value is -1.49. The standard InChI is InChI=1S/C14H20FN3O/c1-2-11(13(16)19)18-9-6-14(15,7-10-18)12-5-3-4-8-17-12/h3-5,8,11H,2,6-7,9-10H2,1H3,(H2,16,19). The van der Waals surface area contributed by atoms with E-state index in [9.17, 15) is 9.18 Å². The first kappa shape index (κ1) is 13.9. The molecule has 0 bridgehead atoms. The van der Waals surface area contributed by atoms with Gasteiger partial charge in [-0.1, -0.05) is 13.0 Å². The Labute approximate surface area is 112 Å². The Morgan fingerprint density at radius 2 is 2.21 bits per heavy atom. The lowest BCUT2D eigenvalue weighted by Gasteiger charge is -2.38. The number of halogens is 1. The minimum absolute atomic E-state index is 0.284. The van der Waals surface area contributed by atoms with Crippen molar-refractivity contribution in [1.29, 1.82) is 0 Å². The Kier molecular flexibility index (Phi) is 4.14. The first-order chi connectivity index (χ1) is 9.07. The van der Waals surface area contributed by atoms with Crippen LogP contribution >= 0.6 is 0 Å². The van der Waals surface area contributed by atoms with E-state index in [2.05, 4.69) is 4.98 Å². The van der Waals surface area contributed by atoms with Crippen molar-refractivity contribution in [3.05, 3.63) is 30.1 Å². The van der Waals surface area contributed by atoms with Gasteiger partial charge in [0.05, 0.1) is 11.7 Å². The number of likely N-dealkylation sites (tertiary alicyclic amines) is 1. The second kappa shape index (κ2) is 5.65. The zero-order valence-corrected chi connectivity index (χ0v) is 11.2. The van der Waals surface area contributed by atoms with Crippen LogP contribution in [0.1, 0.15) is 31.9 Å². The normalized spacial score (nSPS) is 20.9. The molecule has 1 fully saturated rings. The van der Waals surface area contributed by atoms with Crippen LogP contribution in [0.25, 0.3) is 0 Å². The molecule has 1 aliphatic heterocycles. The van der Waals surface area contributed by atoms with Crippen LogP contribution in [0.3, 0.4) is 0 Å². The van der Waals surface area contributed by atoms with E-state index in [1.54, 1.807) is 24.4 Å². The van der Waals surface area contributed by atoms with Crippen LogP contribution in [-0.2, 0) is 10.5 Å². The zero-order valence-electron chi connectivity index (χ0n) is 11.2. The smallest absolute Gasteiger partial charge is 0.234 e. The maximum absolute atomic E-state index is 14.8. The number of alkyl halides is 1. The molecule has 1 aromatic rings. The second-order valence-corrected chi connectivity index (χ2v) is 5.04. The van der Waals surface area contributed by atoms with Crippen molar-refractivity contribution in [3.63, 3.8) is 0 Å². The highest BCUT2D eigenvalue weighted by molar-refractivity contribution is 5.79. The molecule has 4 nitrogen and oxygen atoms in total. The zero-order chi connectivity index (χ0) is 13.9. The molecule has 1 atom stereocenters. The molecule has 2 rings (SSSR count). The maximum atomic E-state index is 14.8. The predicted octanol–water partition coefficient (Wildman–Crippen LogP) is 1.61. The third kappa shape index (κ3) is 2.92. The van der Waals surface area contributed by atoms with Gasteiger partial charge in [0, 0.05) is 19.3 Å². The highest BCUT2D eigenvalue weighted by atomic mass is 19.1. The summed E-state index contributed by atoms with van der Waals surface area (Å²) in [4.78, 5) is 17.4. The van der Waals surface area contributed by atoms with E-state index < -0.39 is 5.67 Å². The average Bonchev–Trinajstić information content (AvgIpc) is 2.42. The highest BCUT2D eigenvalue weighted by Crippen LogP contribution is 2.36. The van der Waals surface area contributed by atoms with Gasteiger partial charge in [0.2, 0.25) is 5.91 Å². The van der Waals surface area contributed by atoms with E-state index in [1.165, 1.54) is 0 Å². The molecule has 2 N–H and O–H groups in total. The topological polar surface area (TPSA) is 59.2 Å². The minimum Gasteiger partial charge on any atom is -0.368 e. The lowest BCUT2D eigenvalue weighted by atomic mass is 9.88. The van der Waals surface area contributed by atoms with Crippen LogP contribution in [-0.4, -0.2) is 34.9 Å². The van der Waals surface area contributed by atoms with Gasteiger partial charge in [0.1, 0.15) is 0 Å². The number of carbonyl (C=O) groups is 1. The van der Waals surface area contributed by atoms with Crippen molar-refractivity contribution < 1.29 is 9.18 Å². The van der Waals surface area contributed by atoms with Crippen LogP contribution in [0, 0.1) is 0 Å². The molecule has 1 aromatic heterocycles. The molecule has 0 aliphatic carbocycles. The average molecular weight is 265 g/mol. The van der Waals surface area contributed by atoms with Crippen molar-refractivity contribution >= 4 is 5.91 Å². The van der Waals surface area contributed by atoms with Gasteiger partial charge in [-0.15, -0.1) is 0 Å². The molecule has 1 saturated heterocycles. The van der Waals surface area contributed by atoms with Gasteiger partial charge in [0.15, 0.2) is 5.67 Å². The summed E-state index contributed by atoms with van der Waals surface area (Å²) < 4.78 is 14.8. The van der Waals surface area contributed by atoms with Crippen LogP contribution in [0.2, 0.25) is 0 Å². The van der Waals surface area contributed by atoms with Crippen LogP contribution in [0.4, 0.5) is 4.39 Å². The molecule has 0 saturated carbocycles. The maximum Gasteiger partial charge on any atom is 0.234 e. The van der Waals surface area contributed by atoms with Crippen molar-refractivity contribution in [3.8, 4) is 0 Å². The summed E-state index contributed by atoms with van der Waals surface area (Å²) in [6.07, 6.45) is 2.99.